The summed E-state index contributed by atoms with van der Waals surface area (Å²) >= 11 is 0. The van der Waals surface area contributed by atoms with Crippen LogP contribution in [0.1, 0.15) is 27.0 Å². The molecule has 0 atom stereocenters. The molecule has 2 aromatic rings. The summed E-state index contributed by atoms with van der Waals surface area (Å²) in [5.74, 6) is 0. The van der Waals surface area contributed by atoms with E-state index in [-0.39, 0.29) is 0 Å². The summed E-state index contributed by atoms with van der Waals surface area (Å²) in [5.41, 5.74) is 3.93. The molecule has 0 aliphatic rings. The van der Waals surface area contributed by atoms with Gasteiger partial charge in [0.25, 0.3) is 0 Å². The summed E-state index contributed by atoms with van der Waals surface area (Å²) in [6.07, 6.45) is 20.4. The third-order valence-electron chi connectivity index (χ3n) is 3.51. The molecule has 26 heavy (non-hydrogen) atoms. The maximum atomic E-state index is 10.6. The Balaban J connectivity index is 1.85. The van der Waals surface area contributed by atoms with E-state index in [1.54, 1.807) is 18.2 Å². The van der Waals surface area contributed by atoms with Crippen LogP contribution in [0, 0.1) is 0 Å². The first-order valence-corrected chi connectivity index (χ1v) is 8.27. The average molecular weight is 340 g/mol. The second kappa shape index (κ2) is 11.1. The number of carbonyl (C=O) groups excluding carboxylic acids is 2. The van der Waals surface area contributed by atoms with Crippen LogP contribution in [0.15, 0.2) is 91.1 Å². The van der Waals surface area contributed by atoms with E-state index in [2.05, 4.69) is 0 Å². The van der Waals surface area contributed by atoms with Crippen molar-refractivity contribution in [1.29, 1.82) is 0 Å². The van der Waals surface area contributed by atoms with Crippen LogP contribution in [0.3, 0.4) is 0 Å². The zero-order chi connectivity index (χ0) is 18.5. The molecule has 0 heterocycles. The van der Waals surface area contributed by atoms with Crippen LogP contribution >= 0.6 is 0 Å². The molecule has 0 N–H and O–H groups in total. The monoisotopic (exact) mass is 340 g/mol. The van der Waals surface area contributed by atoms with Crippen LogP contribution in [-0.4, -0.2) is 12.6 Å². The Bertz CT molecular complexity index is 846. The topological polar surface area (TPSA) is 34.1 Å². The second-order valence-electron chi connectivity index (χ2n) is 5.43. The van der Waals surface area contributed by atoms with Gasteiger partial charge in [0.05, 0.1) is 0 Å². The van der Waals surface area contributed by atoms with Gasteiger partial charge < -0.3 is 0 Å². The molecule has 2 aromatic carbocycles. The Hall–Kier alpha value is -3.52. The number of aldehydes is 2. The lowest BCUT2D eigenvalue weighted by Gasteiger charge is -1.94. The molecular formula is C24H20O2. The van der Waals surface area contributed by atoms with Gasteiger partial charge in [-0.05, 0) is 22.8 Å². The molecule has 0 unspecified atom stereocenters. The fraction of sp³-hybridized carbons (Fsp3) is 0. The Morgan fingerprint density at radius 3 is 1.12 bits per heavy atom. The van der Waals surface area contributed by atoms with Gasteiger partial charge in [-0.25, -0.2) is 0 Å². The third-order valence-corrected chi connectivity index (χ3v) is 3.51. The van der Waals surface area contributed by atoms with Crippen molar-refractivity contribution in [2.45, 2.75) is 0 Å². The summed E-state index contributed by atoms with van der Waals surface area (Å²) in [4.78, 5) is 20.8. The molecule has 2 nitrogen and oxygen atoms in total. The van der Waals surface area contributed by atoms with Crippen molar-refractivity contribution in [3.63, 3.8) is 0 Å². The van der Waals surface area contributed by atoms with Crippen LogP contribution in [0.4, 0.5) is 0 Å². The number of allylic oxidation sites excluding steroid dienone is 7. The van der Waals surface area contributed by atoms with E-state index in [1.165, 1.54) is 6.08 Å². The van der Waals surface area contributed by atoms with Crippen molar-refractivity contribution in [3.8, 4) is 0 Å². The molecule has 0 spiro atoms. The number of carbonyl (C=O) groups is 2. The normalized spacial score (nSPS) is 12.2. The Morgan fingerprint density at radius 2 is 0.769 bits per heavy atom. The molecule has 0 bridgehead atoms. The summed E-state index contributed by atoms with van der Waals surface area (Å²) in [6.45, 7) is 0. The first-order valence-electron chi connectivity index (χ1n) is 8.27. The van der Waals surface area contributed by atoms with Crippen LogP contribution in [0.5, 0.6) is 0 Å². The van der Waals surface area contributed by atoms with Gasteiger partial charge in [0.2, 0.25) is 0 Å². The quantitative estimate of drug-likeness (QED) is 0.359. The summed E-state index contributed by atoms with van der Waals surface area (Å²) in [6, 6.07) is 15.6. The highest BCUT2D eigenvalue weighted by atomic mass is 16.1. The van der Waals surface area contributed by atoms with Gasteiger partial charge in [-0.3, -0.25) is 9.59 Å². The Morgan fingerprint density at radius 1 is 0.423 bits per heavy atom. The van der Waals surface area contributed by atoms with Crippen molar-refractivity contribution < 1.29 is 9.59 Å². The van der Waals surface area contributed by atoms with E-state index in [0.717, 1.165) is 29.3 Å². The number of benzene rings is 2. The smallest absolute Gasteiger partial charge is 0.150 e. The number of hydrogen-bond acceptors (Lipinski definition) is 2. The zero-order valence-electron chi connectivity index (χ0n) is 14.4. The molecule has 0 aliphatic heterocycles. The number of rotatable bonds is 8. The lowest BCUT2D eigenvalue weighted by molar-refractivity contribution is -0.104. The SMILES string of the molecule is O=C/C=C/C=C/c1ccc(/C=C/C=C/C=C/c2ccc(C=O)cc2)cc1. The molecule has 128 valence electrons. The molecule has 0 fully saturated rings. The van der Waals surface area contributed by atoms with E-state index in [1.807, 2.05) is 85.0 Å². The minimum atomic E-state index is 0.680. The summed E-state index contributed by atoms with van der Waals surface area (Å²) < 4.78 is 0. The maximum absolute atomic E-state index is 10.6. The first kappa shape index (κ1) is 18.8. The highest BCUT2D eigenvalue weighted by Crippen LogP contribution is 2.08. The van der Waals surface area contributed by atoms with Gasteiger partial charge in [-0.2, -0.15) is 0 Å². The van der Waals surface area contributed by atoms with E-state index < -0.39 is 0 Å². The summed E-state index contributed by atoms with van der Waals surface area (Å²) in [7, 11) is 0. The average Bonchev–Trinajstić information content (AvgIpc) is 2.69. The van der Waals surface area contributed by atoms with Crippen molar-refractivity contribution >= 4 is 30.8 Å². The molecule has 0 saturated carbocycles. The van der Waals surface area contributed by atoms with Crippen molar-refractivity contribution in [3.05, 3.63) is 113 Å². The fourth-order valence-corrected chi connectivity index (χ4v) is 2.14. The minimum absolute atomic E-state index is 0.680. The first-order chi connectivity index (χ1) is 12.8. The van der Waals surface area contributed by atoms with Gasteiger partial charge in [0.15, 0.2) is 0 Å². The largest absolute Gasteiger partial charge is 0.299 e. The fourth-order valence-electron chi connectivity index (χ4n) is 2.14. The van der Waals surface area contributed by atoms with Gasteiger partial charge in [-0.15, -0.1) is 0 Å². The molecule has 2 heteroatoms. The van der Waals surface area contributed by atoms with Gasteiger partial charge in [0.1, 0.15) is 12.6 Å². The van der Waals surface area contributed by atoms with E-state index in [0.29, 0.717) is 5.56 Å². The van der Waals surface area contributed by atoms with Gasteiger partial charge >= 0.3 is 0 Å². The molecule has 0 aromatic heterocycles. The van der Waals surface area contributed by atoms with Gasteiger partial charge in [0, 0.05) is 5.56 Å². The van der Waals surface area contributed by atoms with Crippen LogP contribution in [-0.2, 0) is 4.79 Å². The summed E-state index contributed by atoms with van der Waals surface area (Å²) in [5, 5.41) is 0. The molecule has 0 aliphatic carbocycles. The second-order valence-corrected chi connectivity index (χ2v) is 5.43. The van der Waals surface area contributed by atoms with Crippen molar-refractivity contribution in [2.24, 2.45) is 0 Å². The van der Waals surface area contributed by atoms with E-state index >= 15 is 0 Å². The standard InChI is InChI=1S/C24H20O2/c25-19-7-3-6-10-22-13-11-21(12-14-22)8-4-1-2-5-9-23-15-17-24(20-26)18-16-23/h1-20H/b2-1+,7-3+,8-4+,9-5+,10-6+. The van der Waals surface area contributed by atoms with Crippen LogP contribution in [0.25, 0.3) is 18.2 Å². The van der Waals surface area contributed by atoms with Gasteiger partial charge in [-0.1, -0.05) is 103 Å². The molecule has 2 rings (SSSR count). The number of hydrogen-bond donors (Lipinski definition) is 0. The van der Waals surface area contributed by atoms with Crippen LogP contribution in [0.2, 0.25) is 0 Å². The van der Waals surface area contributed by atoms with E-state index in [4.69, 9.17) is 0 Å². The predicted octanol–water partition coefficient (Wildman–Crippen LogP) is 5.55. The van der Waals surface area contributed by atoms with Crippen LogP contribution < -0.4 is 0 Å². The molecule has 0 amide bonds. The highest BCUT2D eigenvalue weighted by Gasteiger charge is 1.88. The van der Waals surface area contributed by atoms with Crippen molar-refractivity contribution in [1.82, 2.24) is 0 Å². The molecular weight excluding hydrogens is 320 g/mol. The third kappa shape index (κ3) is 6.93. The minimum Gasteiger partial charge on any atom is -0.299 e. The zero-order valence-corrected chi connectivity index (χ0v) is 14.4. The Kier molecular flexibility index (Phi) is 8.04. The van der Waals surface area contributed by atoms with E-state index in [9.17, 15) is 9.59 Å². The van der Waals surface area contributed by atoms with Crippen molar-refractivity contribution in [2.75, 3.05) is 0 Å². The highest BCUT2D eigenvalue weighted by molar-refractivity contribution is 5.75. The molecule has 0 saturated heterocycles. The lowest BCUT2D eigenvalue weighted by Crippen LogP contribution is -1.78. The Labute approximate surface area is 154 Å². The lowest BCUT2D eigenvalue weighted by atomic mass is 10.1. The molecule has 0 radical (unpaired) electrons. The maximum Gasteiger partial charge on any atom is 0.150 e. The predicted molar refractivity (Wildman–Crippen MR) is 110 cm³/mol.